The van der Waals surface area contributed by atoms with Gasteiger partial charge >= 0.3 is 6.03 Å². The van der Waals surface area contributed by atoms with E-state index in [2.05, 4.69) is 25.5 Å². The second-order valence-electron chi connectivity index (χ2n) is 6.25. The highest BCUT2D eigenvalue weighted by Gasteiger charge is 2.16. The smallest absolute Gasteiger partial charge is 0.319 e. The van der Waals surface area contributed by atoms with Crippen molar-refractivity contribution in [1.29, 1.82) is 0 Å². The third kappa shape index (κ3) is 4.54. The van der Waals surface area contributed by atoms with Crippen molar-refractivity contribution in [2.45, 2.75) is 19.4 Å². The molecule has 0 saturated carbocycles. The van der Waals surface area contributed by atoms with E-state index in [9.17, 15) is 4.79 Å². The SMILES string of the molecule is COc1cc(NC(=O)NCc2nccc(N3CCCC3)n2)cc(OC)c1OC. The number of carbonyl (C=O) groups excluding carboxylic acids is 1. The van der Waals surface area contributed by atoms with Gasteiger partial charge in [-0.2, -0.15) is 0 Å². The van der Waals surface area contributed by atoms with Gasteiger partial charge in [0.05, 0.1) is 33.6 Å². The predicted molar refractivity (Wildman–Crippen MR) is 105 cm³/mol. The summed E-state index contributed by atoms with van der Waals surface area (Å²) in [4.78, 5) is 23.3. The lowest BCUT2D eigenvalue weighted by molar-refractivity contribution is 0.251. The van der Waals surface area contributed by atoms with Crippen LogP contribution in [0.15, 0.2) is 24.4 Å². The summed E-state index contributed by atoms with van der Waals surface area (Å²) >= 11 is 0. The summed E-state index contributed by atoms with van der Waals surface area (Å²) in [6.45, 7) is 2.23. The van der Waals surface area contributed by atoms with Crippen molar-refractivity contribution in [3.63, 3.8) is 0 Å². The molecule has 0 radical (unpaired) electrons. The second kappa shape index (κ2) is 9.12. The fraction of sp³-hybridized carbons (Fsp3) is 0.421. The number of nitrogens with zero attached hydrogens (tertiary/aromatic N) is 3. The zero-order valence-corrected chi connectivity index (χ0v) is 16.3. The van der Waals surface area contributed by atoms with Crippen LogP contribution >= 0.6 is 0 Å². The first kappa shape index (κ1) is 19.5. The fourth-order valence-electron chi connectivity index (χ4n) is 3.08. The Labute approximate surface area is 164 Å². The van der Waals surface area contributed by atoms with E-state index in [0.717, 1.165) is 18.9 Å². The Bertz CT molecular complexity index is 799. The summed E-state index contributed by atoms with van der Waals surface area (Å²) in [7, 11) is 4.56. The Morgan fingerprint density at radius 2 is 1.79 bits per heavy atom. The third-order valence-electron chi connectivity index (χ3n) is 4.45. The van der Waals surface area contributed by atoms with E-state index in [1.165, 1.54) is 34.2 Å². The number of anilines is 2. The maximum atomic E-state index is 12.3. The van der Waals surface area contributed by atoms with Crippen molar-refractivity contribution in [2.24, 2.45) is 0 Å². The molecule has 1 aromatic carbocycles. The maximum absolute atomic E-state index is 12.3. The van der Waals surface area contributed by atoms with Gasteiger partial charge in [-0.05, 0) is 18.9 Å². The number of benzene rings is 1. The van der Waals surface area contributed by atoms with Crippen molar-refractivity contribution in [3.05, 3.63) is 30.2 Å². The quantitative estimate of drug-likeness (QED) is 0.753. The van der Waals surface area contributed by atoms with E-state index in [1.54, 1.807) is 18.3 Å². The van der Waals surface area contributed by atoms with Gasteiger partial charge < -0.3 is 29.7 Å². The van der Waals surface area contributed by atoms with Gasteiger partial charge in [0.25, 0.3) is 0 Å². The van der Waals surface area contributed by atoms with E-state index in [-0.39, 0.29) is 12.6 Å². The van der Waals surface area contributed by atoms with E-state index >= 15 is 0 Å². The number of rotatable bonds is 7. The summed E-state index contributed by atoms with van der Waals surface area (Å²) in [5.74, 6) is 2.83. The van der Waals surface area contributed by atoms with Crippen LogP contribution in [0.5, 0.6) is 17.2 Å². The molecule has 0 aliphatic carbocycles. The lowest BCUT2D eigenvalue weighted by Crippen LogP contribution is -2.29. The Balaban J connectivity index is 1.62. The standard InChI is InChI=1S/C19H25N5O4/c1-26-14-10-13(11-15(27-2)18(14)28-3)22-19(25)21-12-16-20-7-6-17(23-16)24-8-4-5-9-24/h6-7,10-11H,4-5,8-9,12H2,1-3H3,(H2,21,22,25). The molecule has 2 aromatic rings. The highest BCUT2D eigenvalue weighted by molar-refractivity contribution is 5.90. The average molecular weight is 387 g/mol. The molecule has 0 spiro atoms. The highest BCUT2D eigenvalue weighted by atomic mass is 16.5. The molecule has 9 heteroatoms. The summed E-state index contributed by atoms with van der Waals surface area (Å²) in [5, 5.41) is 5.51. The van der Waals surface area contributed by atoms with Crippen molar-refractivity contribution in [1.82, 2.24) is 15.3 Å². The molecule has 28 heavy (non-hydrogen) atoms. The summed E-state index contributed by atoms with van der Waals surface area (Å²) in [6.07, 6.45) is 4.07. The van der Waals surface area contributed by atoms with Gasteiger partial charge in [-0.15, -0.1) is 0 Å². The molecule has 0 atom stereocenters. The van der Waals surface area contributed by atoms with Crippen LogP contribution in [0.25, 0.3) is 0 Å². The minimum atomic E-state index is -0.385. The van der Waals surface area contributed by atoms with Crippen molar-refractivity contribution < 1.29 is 19.0 Å². The molecule has 0 bridgehead atoms. The van der Waals surface area contributed by atoms with Crippen LogP contribution in [-0.2, 0) is 6.54 Å². The molecular formula is C19H25N5O4. The van der Waals surface area contributed by atoms with Gasteiger partial charge in [0.15, 0.2) is 11.5 Å². The van der Waals surface area contributed by atoms with E-state index in [0.29, 0.717) is 28.8 Å². The highest BCUT2D eigenvalue weighted by Crippen LogP contribution is 2.39. The Kier molecular flexibility index (Phi) is 6.36. The number of amides is 2. The van der Waals surface area contributed by atoms with Crippen LogP contribution in [0.2, 0.25) is 0 Å². The van der Waals surface area contributed by atoms with Crippen LogP contribution in [-0.4, -0.2) is 50.4 Å². The molecule has 2 heterocycles. The van der Waals surface area contributed by atoms with Crippen LogP contribution in [0.4, 0.5) is 16.3 Å². The number of hydrogen-bond acceptors (Lipinski definition) is 7. The molecule has 2 N–H and O–H groups in total. The molecular weight excluding hydrogens is 362 g/mol. The first-order chi connectivity index (χ1) is 13.6. The summed E-state index contributed by atoms with van der Waals surface area (Å²) in [5.41, 5.74) is 0.513. The molecule has 1 aliphatic rings. The molecule has 9 nitrogen and oxygen atoms in total. The minimum absolute atomic E-state index is 0.220. The molecule has 1 fully saturated rings. The molecule has 2 amide bonds. The van der Waals surface area contributed by atoms with Crippen LogP contribution in [0, 0.1) is 0 Å². The Hall–Kier alpha value is -3.23. The molecule has 3 rings (SSSR count). The van der Waals surface area contributed by atoms with Crippen molar-refractivity contribution in [2.75, 3.05) is 44.6 Å². The third-order valence-corrected chi connectivity index (χ3v) is 4.45. The zero-order valence-electron chi connectivity index (χ0n) is 16.3. The number of carbonyl (C=O) groups is 1. The maximum Gasteiger partial charge on any atom is 0.319 e. The van der Waals surface area contributed by atoms with Gasteiger partial charge in [-0.3, -0.25) is 0 Å². The number of hydrogen-bond donors (Lipinski definition) is 2. The first-order valence-electron chi connectivity index (χ1n) is 9.06. The molecule has 1 aromatic heterocycles. The lowest BCUT2D eigenvalue weighted by atomic mass is 10.2. The number of aromatic nitrogens is 2. The van der Waals surface area contributed by atoms with Crippen LogP contribution in [0.3, 0.4) is 0 Å². The first-order valence-corrected chi connectivity index (χ1v) is 9.06. The largest absolute Gasteiger partial charge is 0.493 e. The second-order valence-corrected chi connectivity index (χ2v) is 6.25. The molecule has 1 saturated heterocycles. The van der Waals surface area contributed by atoms with Gasteiger partial charge in [0.2, 0.25) is 5.75 Å². The zero-order chi connectivity index (χ0) is 19.9. The number of ether oxygens (including phenoxy) is 3. The van der Waals surface area contributed by atoms with Gasteiger partial charge in [0.1, 0.15) is 11.6 Å². The number of methoxy groups -OCH3 is 3. The topological polar surface area (TPSA) is 97.8 Å². The Morgan fingerprint density at radius 1 is 1.11 bits per heavy atom. The molecule has 0 unspecified atom stereocenters. The average Bonchev–Trinajstić information content (AvgIpc) is 3.26. The summed E-state index contributed by atoms with van der Waals surface area (Å²) in [6, 6.07) is 4.83. The van der Waals surface area contributed by atoms with E-state index in [1.807, 2.05) is 6.07 Å². The minimum Gasteiger partial charge on any atom is -0.493 e. The van der Waals surface area contributed by atoms with Crippen LogP contribution < -0.4 is 29.7 Å². The normalized spacial score (nSPS) is 13.2. The number of nitrogens with one attached hydrogen (secondary N) is 2. The van der Waals surface area contributed by atoms with E-state index < -0.39 is 0 Å². The lowest BCUT2D eigenvalue weighted by Gasteiger charge is -2.17. The van der Waals surface area contributed by atoms with Crippen molar-refractivity contribution in [3.8, 4) is 17.2 Å². The molecule has 150 valence electrons. The van der Waals surface area contributed by atoms with Gasteiger partial charge in [-0.1, -0.05) is 0 Å². The fourth-order valence-corrected chi connectivity index (χ4v) is 3.08. The van der Waals surface area contributed by atoms with E-state index in [4.69, 9.17) is 14.2 Å². The number of urea groups is 1. The van der Waals surface area contributed by atoms with Gasteiger partial charge in [0, 0.05) is 31.4 Å². The molecule has 1 aliphatic heterocycles. The monoisotopic (exact) mass is 387 g/mol. The van der Waals surface area contributed by atoms with Gasteiger partial charge in [-0.25, -0.2) is 14.8 Å². The van der Waals surface area contributed by atoms with Crippen LogP contribution in [0.1, 0.15) is 18.7 Å². The van der Waals surface area contributed by atoms with Crippen molar-refractivity contribution >= 4 is 17.5 Å². The predicted octanol–water partition coefficient (Wildman–Crippen LogP) is 2.42. The Morgan fingerprint density at radius 3 is 2.39 bits per heavy atom. The summed E-state index contributed by atoms with van der Waals surface area (Å²) < 4.78 is 15.9.